The molecule has 1 rings (SSSR count). The lowest BCUT2D eigenvalue weighted by Crippen LogP contribution is -2.09. The molecule has 1 heterocycles. The van der Waals surface area contributed by atoms with E-state index in [4.69, 9.17) is 0 Å². The van der Waals surface area contributed by atoms with Crippen LogP contribution >= 0.6 is 0 Å². The minimum atomic E-state index is -4.70. The first-order valence-electron chi connectivity index (χ1n) is 4.08. The van der Waals surface area contributed by atoms with E-state index in [1.807, 2.05) is 0 Å². The molecule has 0 aromatic carbocycles. The summed E-state index contributed by atoms with van der Waals surface area (Å²) in [6.45, 7) is 2.82. The highest BCUT2D eigenvalue weighted by Gasteiger charge is 2.39. The number of oxazole rings is 1. The van der Waals surface area contributed by atoms with E-state index < -0.39 is 23.7 Å². The number of ether oxygens (including phenoxy) is 1. The smallest absolute Gasteiger partial charge is 0.461 e. The Kier molecular flexibility index (Phi) is 3.01. The summed E-state index contributed by atoms with van der Waals surface area (Å²) in [6, 6.07) is 0. The van der Waals surface area contributed by atoms with Gasteiger partial charge in [-0.2, -0.15) is 18.2 Å². The van der Waals surface area contributed by atoms with Crippen molar-refractivity contribution in [2.75, 3.05) is 6.61 Å². The molecule has 0 radical (unpaired) electrons. The first-order chi connectivity index (χ1) is 6.86. The Morgan fingerprint density at radius 3 is 2.53 bits per heavy atom. The van der Waals surface area contributed by atoms with Crippen LogP contribution in [0.4, 0.5) is 13.2 Å². The summed E-state index contributed by atoms with van der Waals surface area (Å²) in [5.74, 6) is -2.57. The highest BCUT2D eigenvalue weighted by molar-refractivity contribution is 5.88. The zero-order valence-corrected chi connectivity index (χ0v) is 8.01. The Balaban J connectivity index is 3.02. The molecular weight excluding hydrogens is 215 g/mol. The van der Waals surface area contributed by atoms with E-state index in [0.29, 0.717) is 0 Å². The van der Waals surface area contributed by atoms with Crippen molar-refractivity contribution in [3.05, 3.63) is 17.3 Å². The molecule has 0 N–H and O–H groups in total. The number of nitrogens with zero attached hydrogens (tertiary/aromatic N) is 1. The number of carbonyl (C=O) groups is 1. The second-order valence-electron chi connectivity index (χ2n) is 2.64. The highest BCUT2D eigenvalue weighted by atomic mass is 19.4. The van der Waals surface area contributed by atoms with Gasteiger partial charge in [-0.25, -0.2) is 4.79 Å². The van der Waals surface area contributed by atoms with E-state index in [0.717, 1.165) is 0 Å². The molecule has 0 spiro atoms. The van der Waals surface area contributed by atoms with Gasteiger partial charge in [0.2, 0.25) is 0 Å². The minimum absolute atomic E-state index is 0.0620. The molecule has 0 amide bonds. The van der Waals surface area contributed by atoms with Gasteiger partial charge in [0.15, 0.2) is 5.69 Å². The third-order valence-corrected chi connectivity index (χ3v) is 1.51. The van der Waals surface area contributed by atoms with Crippen LogP contribution in [0, 0.1) is 6.92 Å². The van der Waals surface area contributed by atoms with Crippen molar-refractivity contribution in [3.8, 4) is 0 Å². The second-order valence-corrected chi connectivity index (χ2v) is 2.64. The molecule has 0 aliphatic carbocycles. The predicted octanol–water partition coefficient (Wildman–Crippen LogP) is 2.18. The number of carbonyl (C=O) groups excluding carboxylic acids is 1. The molecule has 4 nitrogen and oxygen atoms in total. The maximum Gasteiger partial charge on any atom is 0.468 e. The summed E-state index contributed by atoms with van der Waals surface area (Å²) >= 11 is 0. The molecule has 7 heteroatoms. The molecule has 0 aliphatic rings. The quantitative estimate of drug-likeness (QED) is 0.721. The van der Waals surface area contributed by atoms with Gasteiger partial charge in [-0.3, -0.25) is 0 Å². The molecule has 84 valence electrons. The molecule has 0 atom stereocenters. The van der Waals surface area contributed by atoms with Crippen molar-refractivity contribution in [1.29, 1.82) is 0 Å². The maximum atomic E-state index is 12.1. The fourth-order valence-electron chi connectivity index (χ4n) is 0.907. The van der Waals surface area contributed by atoms with E-state index in [1.54, 1.807) is 0 Å². The normalized spacial score (nSPS) is 11.5. The topological polar surface area (TPSA) is 52.3 Å². The predicted molar refractivity (Wildman–Crippen MR) is 42.2 cm³/mol. The molecule has 0 saturated carbocycles. The lowest BCUT2D eigenvalue weighted by Gasteiger charge is -1.98. The Hall–Kier alpha value is -1.53. The maximum absolute atomic E-state index is 12.1. The summed E-state index contributed by atoms with van der Waals surface area (Å²) < 4.78 is 45.2. The van der Waals surface area contributed by atoms with Crippen LogP contribution in [0.1, 0.15) is 29.1 Å². The van der Waals surface area contributed by atoms with Gasteiger partial charge >= 0.3 is 18.0 Å². The van der Waals surface area contributed by atoms with Gasteiger partial charge in [-0.05, 0) is 13.8 Å². The number of hydrogen-bond acceptors (Lipinski definition) is 4. The zero-order chi connectivity index (χ0) is 11.6. The van der Waals surface area contributed by atoms with Crippen LogP contribution < -0.4 is 0 Å². The minimum Gasteiger partial charge on any atom is -0.461 e. The average molecular weight is 223 g/mol. The number of aromatic nitrogens is 1. The fraction of sp³-hybridized carbons (Fsp3) is 0.500. The average Bonchev–Trinajstić information content (AvgIpc) is 2.47. The number of rotatable bonds is 2. The van der Waals surface area contributed by atoms with Gasteiger partial charge in [0.25, 0.3) is 0 Å². The molecule has 0 fully saturated rings. The molecular formula is C8H8F3NO3. The highest BCUT2D eigenvalue weighted by Crippen LogP contribution is 2.29. The van der Waals surface area contributed by atoms with Crippen molar-refractivity contribution >= 4 is 5.97 Å². The Morgan fingerprint density at radius 1 is 1.53 bits per heavy atom. The first kappa shape index (κ1) is 11.5. The van der Waals surface area contributed by atoms with Crippen molar-refractivity contribution in [3.63, 3.8) is 0 Å². The number of alkyl halides is 3. The first-order valence-corrected chi connectivity index (χ1v) is 4.08. The fourth-order valence-corrected chi connectivity index (χ4v) is 0.907. The lowest BCUT2D eigenvalue weighted by atomic mass is 10.4. The number of esters is 1. The van der Waals surface area contributed by atoms with E-state index in [2.05, 4.69) is 14.1 Å². The molecule has 0 aliphatic heterocycles. The van der Waals surface area contributed by atoms with Gasteiger partial charge in [-0.1, -0.05) is 0 Å². The van der Waals surface area contributed by atoms with Crippen molar-refractivity contribution < 1.29 is 27.1 Å². The summed E-state index contributed by atoms with van der Waals surface area (Å²) in [5, 5.41) is 0. The van der Waals surface area contributed by atoms with Crippen LogP contribution in [0.15, 0.2) is 4.42 Å². The Bertz CT molecular complexity index is 370. The number of aryl methyl sites for hydroxylation is 1. The third-order valence-electron chi connectivity index (χ3n) is 1.51. The van der Waals surface area contributed by atoms with Crippen molar-refractivity contribution in [1.82, 2.24) is 4.98 Å². The third kappa shape index (κ3) is 2.48. The molecule has 0 bridgehead atoms. The molecule has 0 saturated heterocycles. The SMILES string of the molecule is CCOC(=O)c1nc(C(F)(F)F)oc1C. The number of halogens is 3. The lowest BCUT2D eigenvalue weighted by molar-refractivity contribution is -0.157. The van der Waals surface area contributed by atoms with Gasteiger partial charge in [0, 0.05) is 0 Å². The summed E-state index contributed by atoms with van der Waals surface area (Å²) in [6.07, 6.45) is -4.70. The summed E-state index contributed by atoms with van der Waals surface area (Å²) in [4.78, 5) is 14.1. The van der Waals surface area contributed by atoms with Gasteiger partial charge < -0.3 is 9.15 Å². The Morgan fingerprint density at radius 2 is 2.13 bits per heavy atom. The van der Waals surface area contributed by atoms with Crippen LogP contribution in [0.2, 0.25) is 0 Å². The molecule has 1 aromatic heterocycles. The Labute approximate surface area is 83.0 Å². The van der Waals surface area contributed by atoms with Gasteiger partial charge in [0.1, 0.15) is 5.76 Å². The van der Waals surface area contributed by atoms with Crippen LogP contribution in [0.5, 0.6) is 0 Å². The van der Waals surface area contributed by atoms with Crippen molar-refractivity contribution in [2.45, 2.75) is 20.0 Å². The second kappa shape index (κ2) is 3.92. The van der Waals surface area contributed by atoms with Crippen molar-refractivity contribution in [2.24, 2.45) is 0 Å². The monoisotopic (exact) mass is 223 g/mol. The molecule has 0 unspecified atom stereocenters. The van der Waals surface area contributed by atoms with Crippen LogP contribution in [0.25, 0.3) is 0 Å². The number of hydrogen-bond donors (Lipinski definition) is 0. The molecule has 1 aromatic rings. The van der Waals surface area contributed by atoms with Gasteiger partial charge in [-0.15, -0.1) is 0 Å². The molecule has 15 heavy (non-hydrogen) atoms. The van der Waals surface area contributed by atoms with E-state index >= 15 is 0 Å². The van der Waals surface area contributed by atoms with Gasteiger partial charge in [0.05, 0.1) is 6.61 Å². The van der Waals surface area contributed by atoms with Crippen LogP contribution in [-0.4, -0.2) is 17.6 Å². The zero-order valence-electron chi connectivity index (χ0n) is 8.01. The van der Waals surface area contributed by atoms with Crippen LogP contribution in [-0.2, 0) is 10.9 Å². The van der Waals surface area contributed by atoms with Crippen LogP contribution in [0.3, 0.4) is 0 Å². The standard InChI is InChI=1S/C8H8F3NO3/c1-3-14-6(13)5-4(2)15-7(12-5)8(9,10)11/h3H2,1-2H3. The van der Waals surface area contributed by atoms with E-state index in [9.17, 15) is 18.0 Å². The van der Waals surface area contributed by atoms with E-state index in [1.165, 1.54) is 13.8 Å². The van der Waals surface area contributed by atoms with E-state index in [-0.39, 0.29) is 12.4 Å². The summed E-state index contributed by atoms with van der Waals surface area (Å²) in [5.41, 5.74) is -0.441. The largest absolute Gasteiger partial charge is 0.468 e. The summed E-state index contributed by atoms with van der Waals surface area (Å²) in [7, 11) is 0.